The molecule has 41 valence electrons. The van der Waals surface area contributed by atoms with E-state index in [1.54, 1.807) is 0 Å². The van der Waals surface area contributed by atoms with Gasteiger partial charge in [0.25, 0.3) is 0 Å². The zero-order valence-corrected chi connectivity index (χ0v) is 9.05. The monoisotopic (exact) mass is 275 g/mol. The van der Waals surface area contributed by atoms with Crippen molar-refractivity contribution in [2.45, 2.75) is 0 Å². The predicted octanol–water partition coefficient (Wildman–Crippen LogP) is 0.600. The third kappa shape index (κ3) is 106. The van der Waals surface area contributed by atoms with E-state index >= 15 is 0 Å². The molecule has 0 unspecified atom stereocenters. The summed E-state index contributed by atoms with van der Waals surface area (Å²) in [6.07, 6.45) is 0. The molecule has 0 rings (SSSR count). The van der Waals surface area contributed by atoms with Crippen molar-refractivity contribution in [1.82, 2.24) is 0 Å². The maximum atomic E-state index is 4.08. The molecule has 0 bridgehead atoms. The van der Waals surface area contributed by atoms with Gasteiger partial charge in [-0.15, -0.1) is 0 Å². The van der Waals surface area contributed by atoms with Crippen LogP contribution >= 0.6 is 24.4 Å². The Hall–Kier alpha value is 1.44. The summed E-state index contributed by atoms with van der Waals surface area (Å²) in [6.45, 7) is 0. The van der Waals surface area contributed by atoms with E-state index < -0.39 is 0 Å². The predicted molar refractivity (Wildman–Crippen MR) is 47.8 cm³/mol. The first-order chi connectivity index (χ1) is 2.83. The molecule has 0 spiro atoms. The average molecular weight is 276 g/mol. The summed E-state index contributed by atoms with van der Waals surface area (Å²) >= 11 is 16.3. The van der Waals surface area contributed by atoms with Gasteiger partial charge in [0.15, 0.2) is 0 Å². The minimum atomic E-state index is 0. The summed E-state index contributed by atoms with van der Waals surface area (Å²) in [7, 11) is 0. The van der Waals surface area contributed by atoms with Crippen molar-refractivity contribution >= 4 is 83.5 Å². The minimum Gasteiger partial charge on any atom is -0.436 e. The normalized spacial score (nSPS) is 3.43. The van der Waals surface area contributed by atoms with Crippen molar-refractivity contribution in [3.05, 3.63) is 0 Å². The first kappa shape index (κ1) is 15.8. The number of rotatable bonds is 0. The first-order valence-corrected chi connectivity index (χ1v) is 2.83. The van der Waals surface area contributed by atoms with Gasteiger partial charge < -0.3 is 49.7 Å². The van der Waals surface area contributed by atoms with Crippen molar-refractivity contribution in [3.63, 3.8) is 0 Å². The fourth-order valence-electron chi connectivity index (χ4n) is 0. The van der Waals surface area contributed by atoms with Gasteiger partial charge in [0.2, 0.25) is 0 Å². The molecule has 3 radical (unpaired) electrons. The van der Waals surface area contributed by atoms with E-state index in [-0.39, 0.29) is 24.4 Å². The van der Waals surface area contributed by atoms with Gasteiger partial charge >= 0.3 is 0 Å². The average Bonchev–Trinajstić information content (AvgIpc) is 1.39. The van der Waals surface area contributed by atoms with Gasteiger partial charge in [-0.25, -0.2) is 0 Å². The molecule has 0 aromatic heterocycles. The molecule has 0 fully saturated rings. The van der Waals surface area contributed by atoms with E-state index in [1.807, 2.05) is 0 Å². The molecule has 0 saturated carbocycles. The largest absolute Gasteiger partial charge is 0.436 e. The summed E-state index contributed by atoms with van der Waals surface area (Å²) in [6, 6.07) is 0. The quantitative estimate of drug-likeness (QED) is 0.361. The molecule has 5 heteroatoms. The molecule has 0 aromatic rings. The van der Waals surface area contributed by atoms with Crippen LogP contribution in [0.1, 0.15) is 0 Å². The number of hydrogen-bond acceptors (Lipinski definition) is 4. The molecule has 0 heterocycles. The van der Waals surface area contributed by atoms with Gasteiger partial charge in [0, 0.05) is 24.4 Å². The first-order valence-electron chi connectivity index (χ1n) is 0.943. The summed E-state index contributed by atoms with van der Waals surface area (Å²) in [5.74, 6) is 0. The fraction of sp³-hybridized carbons (Fsp3) is 0. The molecule has 0 aliphatic heterocycles. The van der Waals surface area contributed by atoms with E-state index in [1.165, 1.54) is 9.40 Å². The van der Waals surface area contributed by atoms with Gasteiger partial charge in [-0.3, -0.25) is 0 Å². The number of thiocarbonyl (C=S) groups is 2. The maximum Gasteiger partial charge on any atom is 0 e. The molecular formula is C2H2S4Sb-2. The van der Waals surface area contributed by atoms with Crippen LogP contribution in [-0.4, -0.2) is 33.8 Å². The van der Waals surface area contributed by atoms with Gasteiger partial charge in [0.1, 0.15) is 0 Å². The summed E-state index contributed by atoms with van der Waals surface area (Å²) < 4.78 is 2.33. The van der Waals surface area contributed by atoms with Crippen LogP contribution in [-0.2, 0) is 25.3 Å². The van der Waals surface area contributed by atoms with Crippen molar-refractivity contribution in [2.75, 3.05) is 0 Å². The van der Waals surface area contributed by atoms with Crippen molar-refractivity contribution in [3.8, 4) is 0 Å². The summed E-state index contributed by atoms with van der Waals surface area (Å²) in [4.78, 5) is 0. The molecular weight excluding hydrogens is 274 g/mol. The van der Waals surface area contributed by atoms with E-state index in [4.69, 9.17) is 0 Å². The molecule has 0 aliphatic carbocycles. The van der Waals surface area contributed by atoms with Gasteiger partial charge in [0.05, 0.1) is 0 Å². The van der Waals surface area contributed by atoms with Crippen LogP contribution in [0.25, 0.3) is 0 Å². The second-order valence-corrected chi connectivity index (χ2v) is 1.73. The Morgan fingerprint density at radius 1 is 1.00 bits per heavy atom. The Kier molecular flexibility index (Phi) is 58.8. The van der Waals surface area contributed by atoms with Crippen LogP contribution in [0.5, 0.6) is 0 Å². The molecule has 0 saturated heterocycles. The van der Waals surface area contributed by atoms with Crippen LogP contribution in [0.3, 0.4) is 0 Å². The Balaban J connectivity index is -0.0000000400. The second-order valence-electron chi connectivity index (χ2n) is 0.192. The van der Waals surface area contributed by atoms with Crippen LogP contribution in [0.2, 0.25) is 0 Å². The molecule has 0 aromatic carbocycles. The molecule has 0 N–H and O–H groups in total. The van der Waals surface area contributed by atoms with Gasteiger partial charge in [-0.2, -0.15) is 9.40 Å². The van der Waals surface area contributed by atoms with Crippen LogP contribution < -0.4 is 0 Å². The Morgan fingerprint density at radius 2 is 1.00 bits per heavy atom. The summed E-state index contributed by atoms with van der Waals surface area (Å²) in [5.41, 5.74) is 0. The van der Waals surface area contributed by atoms with E-state index in [0.29, 0.717) is 0 Å². The molecule has 0 aliphatic rings. The smallest absolute Gasteiger partial charge is 0 e. The topological polar surface area (TPSA) is 0 Å². The molecule has 0 amide bonds. The van der Waals surface area contributed by atoms with Crippen molar-refractivity contribution < 1.29 is 0 Å². The molecule has 0 nitrogen and oxygen atoms in total. The van der Waals surface area contributed by atoms with E-state index in [0.717, 1.165) is 0 Å². The second kappa shape index (κ2) is 26.1. The van der Waals surface area contributed by atoms with Gasteiger partial charge in [-0.05, 0) is 0 Å². The van der Waals surface area contributed by atoms with Crippen molar-refractivity contribution in [1.29, 1.82) is 0 Å². The Labute approximate surface area is 82.7 Å². The van der Waals surface area contributed by atoms with Crippen LogP contribution in [0.15, 0.2) is 0 Å². The minimum absolute atomic E-state index is 0. The third-order valence-electron chi connectivity index (χ3n) is 0. The third-order valence-corrected chi connectivity index (χ3v) is 0. The standard InChI is InChI=1S/2CH2S2.Sb/c2*2-1-3;/h2*1H,(H,2,3);/p-2. The van der Waals surface area contributed by atoms with E-state index in [9.17, 15) is 0 Å². The maximum absolute atomic E-state index is 4.08. The fourth-order valence-corrected chi connectivity index (χ4v) is 0. The van der Waals surface area contributed by atoms with Crippen molar-refractivity contribution in [2.24, 2.45) is 0 Å². The van der Waals surface area contributed by atoms with Crippen LogP contribution in [0, 0.1) is 0 Å². The zero-order chi connectivity index (χ0) is 5.41. The summed E-state index contributed by atoms with van der Waals surface area (Å²) in [5, 5.41) is 0. The van der Waals surface area contributed by atoms with E-state index in [2.05, 4.69) is 49.7 Å². The van der Waals surface area contributed by atoms with Gasteiger partial charge in [-0.1, -0.05) is 0 Å². The molecule has 7 heavy (non-hydrogen) atoms. The zero-order valence-electron chi connectivity index (χ0n) is 3.23. The molecule has 0 atom stereocenters. The number of hydrogen-bond donors (Lipinski definition) is 0. The van der Waals surface area contributed by atoms with Crippen LogP contribution in [0.4, 0.5) is 0 Å². The Bertz CT molecular complexity index is 30.7. The SMILES string of the molecule is S=C[S-].S=C[S-].[Sb]. The Morgan fingerprint density at radius 3 is 1.00 bits per heavy atom.